The lowest BCUT2D eigenvalue weighted by Crippen LogP contribution is -2.20. The molecule has 0 aromatic heterocycles. The fourth-order valence-corrected chi connectivity index (χ4v) is 2.33. The van der Waals surface area contributed by atoms with Crippen molar-refractivity contribution in [2.45, 2.75) is 18.6 Å². The van der Waals surface area contributed by atoms with E-state index >= 15 is 0 Å². The van der Waals surface area contributed by atoms with Gasteiger partial charge in [0.25, 0.3) is 0 Å². The number of hydrogen-bond donors (Lipinski definition) is 1. The van der Waals surface area contributed by atoms with Gasteiger partial charge in [-0.3, -0.25) is 0 Å². The summed E-state index contributed by atoms with van der Waals surface area (Å²) in [5, 5.41) is 4.52. The zero-order valence-electron chi connectivity index (χ0n) is 7.47. The standard InChI is InChI=1S/C9H13NO2S/c1-2-9(13(10,11)12)8-6-4-3-5-7-8/h3-7,9H,2H2,1H3,(H2,10,11,12)/t9-/m1/s1. The Hall–Kier alpha value is -0.870. The summed E-state index contributed by atoms with van der Waals surface area (Å²) >= 11 is 0. The average molecular weight is 199 g/mol. The van der Waals surface area contributed by atoms with Gasteiger partial charge in [0, 0.05) is 0 Å². The largest absolute Gasteiger partial charge is 0.228 e. The lowest BCUT2D eigenvalue weighted by molar-refractivity contribution is 0.581. The van der Waals surface area contributed by atoms with Crippen molar-refractivity contribution < 1.29 is 8.42 Å². The van der Waals surface area contributed by atoms with Crippen LogP contribution in [0, 0.1) is 0 Å². The first-order chi connectivity index (χ1) is 6.05. The maximum Gasteiger partial charge on any atom is 0.216 e. The van der Waals surface area contributed by atoms with Gasteiger partial charge >= 0.3 is 0 Å². The van der Waals surface area contributed by atoms with Gasteiger partial charge in [0.2, 0.25) is 10.0 Å². The molecule has 0 spiro atoms. The van der Waals surface area contributed by atoms with Gasteiger partial charge in [0.1, 0.15) is 0 Å². The lowest BCUT2D eigenvalue weighted by Gasteiger charge is -2.11. The van der Waals surface area contributed by atoms with Gasteiger partial charge in [-0.2, -0.15) is 0 Å². The highest BCUT2D eigenvalue weighted by atomic mass is 32.2. The number of primary sulfonamides is 1. The minimum atomic E-state index is -3.47. The van der Waals surface area contributed by atoms with Crippen molar-refractivity contribution in [1.29, 1.82) is 0 Å². The van der Waals surface area contributed by atoms with Crippen molar-refractivity contribution in [3.05, 3.63) is 35.9 Å². The molecule has 0 aliphatic heterocycles. The number of benzene rings is 1. The topological polar surface area (TPSA) is 60.2 Å². The van der Waals surface area contributed by atoms with E-state index in [0.717, 1.165) is 5.56 Å². The van der Waals surface area contributed by atoms with Crippen LogP contribution in [0.3, 0.4) is 0 Å². The van der Waals surface area contributed by atoms with Gasteiger partial charge in [-0.05, 0) is 12.0 Å². The van der Waals surface area contributed by atoms with Gasteiger partial charge < -0.3 is 0 Å². The van der Waals surface area contributed by atoms with Gasteiger partial charge in [-0.15, -0.1) is 0 Å². The van der Waals surface area contributed by atoms with Crippen LogP contribution >= 0.6 is 0 Å². The summed E-state index contributed by atoms with van der Waals surface area (Å²) in [5.74, 6) is 0. The first kappa shape index (κ1) is 10.2. The molecule has 1 aromatic carbocycles. The molecular formula is C9H13NO2S. The molecule has 2 N–H and O–H groups in total. The van der Waals surface area contributed by atoms with Crippen LogP contribution in [0.4, 0.5) is 0 Å². The maximum absolute atomic E-state index is 11.1. The van der Waals surface area contributed by atoms with Crippen LogP contribution in [0.1, 0.15) is 24.2 Å². The molecule has 3 nitrogen and oxygen atoms in total. The highest BCUT2D eigenvalue weighted by Crippen LogP contribution is 2.22. The molecule has 0 unspecified atom stereocenters. The molecule has 1 atom stereocenters. The quantitative estimate of drug-likeness (QED) is 0.800. The Morgan fingerprint density at radius 2 is 1.85 bits per heavy atom. The molecule has 4 heteroatoms. The van der Waals surface area contributed by atoms with Crippen molar-refractivity contribution in [3.63, 3.8) is 0 Å². The minimum absolute atomic E-state index is 0.503. The summed E-state index contributed by atoms with van der Waals surface area (Å²) in [7, 11) is -3.47. The molecule has 0 heterocycles. The Morgan fingerprint density at radius 1 is 1.31 bits per heavy atom. The molecule has 0 aliphatic rings. The molecule has 1 aromatic rings. The van der Waals surface area contributed by atoms with Gasteiger partial charge in [-0.25, -0.2) is 13.6 Å². The third-order valence-corrected chi connectivity index (χ3v) is 3.34. The predicted octanol–water partition coefficient (Wildman–Crippen LogP) is 1.43. The van der Waals surface area contributed by atoms with Crippen molar-refractivity contribution in [2.24, 2.45) is 5.14 Å². The maximum atomic E-state index is 11.1. The summed E-state index contributed by atoms with van der Waals surface area (Å²) in [6.45, 7) is 1.81. The van der Waals surface area contributed by atoms with E-state index in [2.05, 4.69) is 0 Å². The molecule has 0 amide bonds. The Labute approximate surface area is 78.6 Å². The fourth-order valence-electron chi connectivity index (χ4n) is 1.33. The van der Waals surface area contributed by atoms with Crippen LogP contribution < -0.4 is 5.14 Å². The molecule has 0 aliphatic carbocycles. The summed E-state index contributed by atoms with van der Waals surface area (Å²) in [5.41, 5.74) is 0.757. The number of nitrogens with two attached hydrogens (primary N) is 1. The Morgan fingerprint density at radius 3 is 2.23 bits per heavy atom. The third-order valence-electron chi connectivity index (χ3n) is 1.94. The lowest BCUT2D eigenvalue weighted by atomic mass is 10.1. The SMILES string of the molecule is CC[C@H](c1ccccc1)S(N)(=O)=O. The van der Waals surface area contributed by atoms with Crippen LogP contribution in [-0.2, 0) is 10.0 Å². The van der Waals surface area contributed by atoms with Gasteiger partial charge in [0.05, 0.1) is 5.25 Å². The van der Waals surface area contributed by atoms with Crippen LogP contribution in [0.5, 0.6) is 0 Å². The van der Waals surface area contributed by atoms with Crippen molar-refractivity contribution in [1.82, 2.24) is 0 Å². The second kappa shape index (κ2) is 3.89. The van der Waals surface area contributed by atoms with Crippen LogP contribution in [-0.4, -0.2) is 8.42 Å². The molecule has 0 bridgehead atoms. The van der Waals surface area contributed by atoms with E-state index in [1.165, 1.54) is 0 Å². The van der Waals surface area contributed by atoms with E-state index < -0.39 is 15.3 Å². The Balaban J connectivity index is 3.06. The van der Waals surface area contributed by atoms with Crippen LogP contribution in [0.25, 0.3) is 0 Å². The molecule has 0 saturated carbocycles. The van der Waals surface area contributed by atoms with E-state index in [1.54, 1.807) is 12.1 Å². The summed E-state index contributed by atoms with van der Waals surface area (Å²) < 4.78 is 22.3. The van der Waals surface area contributed by atoms with Gasteiger partial charge in [0.15, 0.2) is 0 Å². The summed E-state index contributed by atoms with van der Waals surface area (Å²) in [6.07, 6.45) is 0.503. The molecule has 0 radical (unpaired) electrons. The Kier molecular flexibility index (Phi) is 3.06. The van der Waals surface area contributed by atoms with E-state index in [4.69, 9.17) is 5.14 Å². The second-order valence-corrected chi connectivity index (χ2v) is 4.64. The van der Waals surface area contributed by atoms with E-state index in [0.29, 0.717) is 6.42 Å². The highest BCUT2D eigenvalue weighted by molar-refractivity contribution is 7.89. The smallest absolute Gasteiger partial charge is 0.216 e. The molecule has 1 rings (SSSR count). The molecule has 13 heavy (non-hydrogen) atoms. The average Bonchev–Trinajstić information content (AvgIpc) is 2.05. The fraction of sp³-hybridized carbons (Fsp3) is 0.333. The van der Waals surface area contributed by atoms with Gasteiger partial charge in [-0.1, -0.05) is 37.3 Å². The van der Waals surface area contributed by atoms with Crippen LogP contribution in [0.2, 0.25) is 0 Å². The van der Waals surface area contributed by atoms with Crippen molar-refractivity contribution >= 4 is 10.0 Å². The normalized spacial score (nSPS) is 14.0. The molecule has 72 valence electrons. The Bertz CT molecular complexity index is 358. The van der Waals surface area contributed by atoms with Crippen molar-refractivity contribution in [3.8, 4) is 0 Å². The number of hydrogen-bond acceptors (Lipinski definition) is 2. The summed E-state index contributed by atoms with van der Waals surface area (Å²) in [4.78, 5) is 0. The number of sulfonamides is 1. The highest BCUT2D eigenvalue weighted by Gasteiger charge is 2.20. The van der Waals surface area contributed by atoms with E-state index in [9.17, 15) is 8.42 Å². The summed E-state index contributed by atoms with van der Waals surface area (Å²) in [6, 6.07) is 9.02. The molecule has 0 saturated heterocycles. The van der Waals surface area contributed by atoms with Crippen LogP contribution in [0.15, 0.2) is 30.3 Å². The van der Waals surface area contributed by atoms with E-state index in [-0.39, 0.29) is 0 Å². The number of rotatable bonds is 3. The monoisotopic (exact) mass is 199 g/mol. The minimum Gasteiger partial charge on any atom is -0.228 e. The zero-order chi connectivity index (χ0) is 9.90. The van der Waals surface area contributed by atoms with Crippen molar-refractivity contribution in [2.75, 3.05) is 0 Å². The molecule has 0 fully saturated rings. The predicted molar refractivity (Wildman–Crippen MR) is 52.6 cm³/mol. The van der Waals surface area contributed by atoms with E-state index in [1.807, 2.05) is 25.1 Å². The third kappa shape index (κ3) is 2.54. The molecular weight excluding hydrogens is 186 g/mol. The second-order valence-electron chi connectivity index (χ2n) is 2.90. The first-order valence-electron chi connectivity index (χ1n) is 4.12. The first-order valence-corrected chi connectivity index (χ1v) is 5.73. The zero-order valence-corrected chi connectivity index (χ0v) is 8.29.